The van der Waals surface area contributed by atoms with E-state index in [-0.39, 0.29) is 0 Å². The molecule has 0 amide bonds. The van der Waals surface area contributed by atoms with Gasteiger partial charge in [-0.1, -0.05) is 19.1 Å². The summed E-state index contributed by atoms with van der Waals surface area (Å²) in [5.41, 5.74) is 0.658. The van der Waals surface area contributed by atoms with Crippen molar-refractivity contribution < 1.29 is 9.53 Å². The second-order valence-corrected chi connectivity index (χ2v) is 3.63. The lowest BCUT2D eigenvalue weighted by molar-refractivity contribution is 0.112. The first-order valence-corrected chi connectivity index (χ1v) is 5.83. The van der Waals surface area contributed by atoms with E-state index in [2.05, 4.69) is 19.1 Å². The van der Waals surface area contributed by atoms with Gasteiger partial charge in [0.1, 0.15) is 17.8 Å². The van der Waals surface area contributed by atoms with Gasteiger partial charge in [0, 0.05) is 12.0 Å². The highest BCUT2D eigenvalue weighted by atomic mass is 16.5. The second kappa shape index (κ2) is 7.44. The third kappa shape index (κ3) is 4.68. The summed E-state index contributed by atoms with van der Waals surface area (Å²) in [4.78, 5) is 10.5. The molecule has 0 aliphatic rings. The van der Waals surface area contributed by atoms with E-state index in [0.717, 1.165) is 30.6 Å². The molecule has 0 spiro atoms. The van der Waals surface area contributed by atoms with Gasteiger partial charge in [-0.05, 0) is 43.7 Å². The molecule has 0 bridgehead atoms. The highest BCUT2D eigenvalue weighted by molar-refractivity contribution is 5.74. The van der Waals surface area contributed by atoms with Crippen molar-refractivity contribution in [1.82, 2.24) is 0 Å². The molecular weight excluding hydrogens is 212 g/mol. The van der Waals surface area contributed by atoms with Crippen LogP contribution in [0.1, 0.15) is 37.0 Å². The largest absolute Gasteiger partial charge is 0.462 e. The van der Waals surface area contributed by atoms with Crippen LogP contribution in [0.3, 0.4) is 0 Å². The molecule has 1 aromatic rings. The standard InChI is InChI=1S/C15H18O2/c1-3-5-6-7-14(4-2)17-15-10-8-13(12-16)9-11-15/h4-6,8-12H,3,7H2,1-2H3/b6-5-,14-4+. The van der Waals surface area contributed by atoms with Crippen molar-refractivity contribution >= 4 is 6.29 Å². The molecule has 0 unspecified atom stereocenters. The zero-order chi connectivity index (χ0) is 12.5. The van der Waals surface area contributed by atoms with Gasteiger partial charge in [0.25, 0.3) is 0 Å². The molecule has 0 radical (unpaired) electrons. The normalized spacial score (nSPS) is 11.8. The van der Waals surface area contributed by atoms with Crippen molar-refractivity contribution in [3.8, 4) is 5.75 Å². The van der Waals surface area contributed by atoms with Crippen LogP contribution >= 0.6 is 0 Å². The van der Waals surface area contributed by atoms with Crippen LogP contribution in [0, 0.1) is 0 Å². The number of aldehydes is 1. The van der Waals surface area contributed by atoms with E-state index in [1.165, 1.54) is 0 Å². The van der Waals surface area contributed by atoms with E-state index >= 15 is 0 Å². The molecule has 0 aromatic heterocycles. The molecule has 1 aromatic carbocycles. The summed E-state index contributed by atoms with van der Waals surface area (Å²) < 4.78 is 5.70. The van der Waals surface area contributed by atoms with E-state index in [1.807, 2.05) is 13.0 Å². The minimum Gasteiger partial charge on any atom is -0.462 e. The van der Waals surface area contributed by atoms with Crippen LogP contribution < -0.4 is 4.74 Å². The third-order valence-electron chi connectivity index (χ3n) is 2.31. The molecule has 0 aliphatic heterocycles. The maximum Gasteiger partial charge on any atom is 0.150 e. The summed E-state index contributed by atoms with van der Waals surface area (Å²) in [5, 5.41) is 0. The topological polar surface area (TPSA) is 26.3 Å². The van der Waals surface area contributed by atoms with Crippen LogP contribution in [0.5, 0.6) is 5.75 Å². The van der Waals surface area contributed by atoms with Gasteiger partial charge >= 0.3 is 0 Å². The van der Waals surface area contributed by atoms with Gasteiger partial charge in [-0.25, -0.2) is 0 Å². The average molecular weight is 230 g/mol. The van der Waals surface area contributed by atoms with Gasteiger partial charge in [-0.2, -0.15) is 0 Å². The molecule has 2 nitrogen and oxygen atoms in total. The van der Waals surface area contributed by atoms with Crippen molar-refractivity contribution in [3.63, 3.8) is 0 Å². The van der Waals surface area contributed by atoms with E-state index in [9.17, 15) is 4.79 Å². The molecule has 0 saturated carbocycles. The predicted molar refractivity (Wildman–Crippen MR) is 70.3 cm³/mol. The van der Waals surface area contributed by atoms with Crippen LogP contribution in [0.2, 0.25) is 0 Å². The Labute approximate surface area is 103 Å². The molecule has 0 saturated heterocycles. The monoisotopic (exact) mass is 230 g/mol. The number of carbonyl (C=O) groups is 1. The van der Waals surface area contributed by atoms with Crippen molar-refractivity contribution in [2.75, 3.05) is 0 Å². The maximum atomic E-state index is 10.5. The van der Waals surface area contributed by atoms with Crippen LogP contribution in [-0.2, 0) is 0 Å². The minimum atomic E-state index is 0.658. The molecule has 90 valence electrons. The number of allylic oxidation sites excluding steroid dienone is 3. The number of carbonyl (C=O) groups excluding carboxylic acids is 1. The summed E-state index contributed by atoms with van der Waals surface area (Å²) >= 11 is 0. The number of benzene rings is 1. The second-order valence-electron chi connectivity index (χ2n) is 3.63. The fraction of sp³-hybridized carbons (Fsp3) is 0.267. The molecule has 0 N–H and O–H groups in total. The molecule has 0 fully saturated rings. The number of hydrogen-bond donors (Lipinski definition) is 0. The average Bonchev–Trinajstić information content (AvgIpc) is 2.38. The Balaban J connectivity index is 2.61. The Bertz CT molecular complexity index is 399. The van der Waals surface area contributed by atoms with Crippen molar-refractivity contribution in [2.45, 2.75) is 26.7 Å². The Kier molecular flexibility index (Phi) is 5.80. The summed E-state index contributed by atoms with van der Waals surface area (Å²) in [6.45, 7) is 4.06. The lowest BCUT2D eigenvalue weighted by atomic mass is 10.2. The Morgan fingerprint density at radius 1 is 1.24 bits per heavy atom. The first-order chi connectivity index (χ1) is 8.30. The van der Waals surface area contributed by atoms with Crippen LogP contribution in [0.15, 0.2) is 48.3 Å². The van der Waals surface area contributed by atoms with E-state index in [0.29, 0.717) is 5.56 Å². The van der Waals surface area contributed by atoms with Gasteiger partial charge in [-0.3, -0.25) is 4.79 Å². The van der Waals surface area contributed by atoms with E-state index in [1.54, 1.807) is 24.3 Å². The van der Waals surface area contributed by atoms with Crippen molar-refractivity contribution in [3.05, 3.63) is 53.8 Å². The van der Waals surface area contributed by atoms with Crippen LogP contribution in [-0.4, -0.2) is 6.29 Å². The fourth-order valence-corrected chi connectivity index (χ4v) is 1.35. The quantitative estimate of drug-likeness (QED) is 0.417. The first kappa shape index (κ1) is 13.2. The highest BCUT2D eigenvalue weighted by Gasteiger charge is 1.98. The molecule has 0 atom stereocenters. The predicted octanol–water partition coefficient (Wildman–Crippen LogP) is 4.14. The smallest absolute Gasteiger partial charge is 0.150 e. The molecule has 0 aliphatic carbocycles. The van der Waals surface area contributed by atoms with Gasteiger partial charge in [-0.15, -0.1) is 0 Å². The summed E-state index contributed by atoms with van der Waals surface area (Å²) in [5.74, 6) is 1.67. The SMILES string of the molecule is C/C=C(\C/C=C\CC)Oc1ccc(C=O)cc1. The zero-order valence-corrected chi connectivity index (χ0v) is 10.3. The van der Waals surface area contributed by atoms with Crippen LogP contribution in [0.25, 0.3) is 0 Å². The minimum absolute atomic E-state index is 0.658. The lowest BCUT2D eigenvalue weighted by Crippen LogP contribution is -1.94. The molecule has 2 heteroatoms. The molecule has 17 heavy (non-hydrogen) atoms. The van der Waals surface area contributed by atoms with Crippen LogP contribution in [0.4, 0.5) is 0 Å². The number of ether oxygens (including phenoxy) is 1. The summed E-state index contributed by atoms with van der Waals surface area (Å²) in [7, 11) is 0. The maximum absolute atomic E-state index is 10.5. The molecule has 1 rings (SSSR count). The number of rotatable bonds is 6. The molecular formula is C15H18O2. The van der Waals surface area contributed by atoms with Crippen molar-refractivity contribution in [2.24, 2.45) is 0 Å². The first-order valence-electron chi connectivity index (χ1n) is 5.83. The Morgan fingerprint density at radius 2 is 1.94 bits per heavy atom. The van der Waals surface area contributed by atoms with Crippen molar-refractivity contribution in [1.29, 1.82) is 0 Å². The fourth-order valence-electron chi connectivity index (χ4n) is 1.35. The number of hydrogen-bond acceptors (Lipinski definition) is 2. The Morgan fingerprint density at radius 3 is 2.47 bits per heavy atom. The Hall–Kier alpha value is -1.83. The lowest BCUT2D eigenvalue weighted by Gasteiger charge is -2.07. The van der Waals surface area contributed by atoms with E-state index < -0.39 is 0 Å². The summed E-state index contributed by atoms with van der Waals surface area (Å²) in [6, 6.07) is 7.10. The third-order valence-corrected chi connectivity index (χ3v) is 2.31. The molecule has 0 heterocycles. The van der Waals surface area contributed by atoms with Gasteiger partial charge in [0.05, 0.1) is 0 Å². The van der Waals surface area contributed by atoms with Gasteiger partial charge in [0.15, 0.2) is 0 Å². The zero-order valence-electron chi connectivity index (χ0n) is 10.3. The van der Waals surface area contributed by atoms with Gasteiger partial charge in [0.2, 0.25) is 0 Å². The highest BCUT2D eigenvalue weighted by Crippen LogP contribution is 2.16. The van der Waals surface area contributed by atoms with Gasteiger partial charge < -0.3 is 4.74 Å². The summed E-state index contributed by atoms with van der Waals surface area (Å²) in [6.07, 6.45) is 8.81. The van der Waals surface area contributed by atoms with E-state index in [4.69, 9.17) is 4.74 Å².